The number of carbonyl (C=O) groups is 3. The molecule has 0 bridgehead atoms. The maximum absolute atomic E-state index is 13.2. The van der Waals surface area contributed by atoms with Gasteiger partial charge in [-0.3, -0.25) is 4.79 Å². The zero-order valence-corrected chi connectivity index (χ0v) is 13.8. The highest BCUT2D eigenvalue weighted by Crippen LogP contribution is 2.30. The number of methoxy groups -OCH3 is 1. The van der Waals surface area contributed by atoms with Crippen molar-refractivity contribution in [2.75, 3.05) is 7.11 Å². The van der Waals surface area contributed by atoms with E-state index in [1.807, 2.05) is 0 Å². The van der Waals surface area contributed by atoms with Crippen LogP contribution in [0, 0.1) is 5.82 Å². The molecule has 6 nitrogen and oxygen atoms in total. The molecule has 1 atom stereocenters. The van der Waals surface area contributed by atoms with Crippen molar-refractivity contribution in [3.8, 4) is 0 Å². The van der Waals surface area contributed by atoms with Gasteiger partial charge in [-0.05, 0) is 29.8 Å². The molecule has 0 fully saturated rings. The van der Waals surface area contributed by atoms with E-state index in [9.17, 15) is 18.8 Å². The van der Waals surface area contributed by atoms with E-state index in [0.717, 1.165) is 19.2 Å². The van der Waals surface area contributed by atoms with E-state index < -0.39 is 29.6 Å². The smallest absolute Gasteiger partial charge is 0.355 e. The zero-order chi connectivity index (χ0) is 18.7. The molecule has 2 aromatic carbocycles. The highest BCUT2D eigenvalue weighted by atomic mass is 19.1. The van der Waals surface area contributed by atoms with Crippen molar-refractivity contribution in [2.24, 2.45) is 0 Å². The Kier molecular flexibility index (Phi) is 4.79. The predicted octanol–water partition coefficient (Wildman–Crippen LogP) is 2.49. The number of ketones is 1. The molecule has 0 saturated heterocycles. The van der Waals surface area contributed by atoms with Crippen LogP contribution in [0.4, 0.5) is 9.18 Å². The Hall–Kier alpha value is -3.48. The van der Waals surface area contributed by atoms with E-state index in [1.54, 1.807) is 30.3 Å². The van der Waals surface area contributed by atoms with Crippen LogP contribution < -0.4 is 10.6 Å². The van der Waals surface area contributed by atoms with Crippen molar-refractivity contribution in [3.05, 3.63) is 82.8 Å². The summed E-state index contributed by atoms with van der Waals surface area (Å²) in [5, 5.41) is 4.98. The Bertz CT molecular complexity index is 892. The molecule has 132 valence electrons. The van der Waals surface area contributed by atoms with Gasteiger partial charge in [0.05, 0.1) is 18.7 Å². The van der Waals surface area contributed by atoms with Crippen LogP contribution in [0.3, 0.4) is 0 Å². The lowest BCUT2D eigenvalue weighted by molar-refractivity contribution is -0.136. The number of Topliss-reactive ketones (excluding diaryl/α,β-unsaturated/α-hetero) is 1. The molecule has 3 rings (SSSR count). The molecule has 2 amide bonds. The number of amides is 2. The summed E-state index contributed by atoms with van der Waals surface area (Å²) in [7, 11) is 1.15. The zero-order valence-electron chi connectivity index (χ0n) is 13.8. The summed E-state index contributed by atoms with van der Waals surface area (Å²) in [4.78, 5) is 37.2. The number of ether oxygens (including phenoxy) is 1. The second-order valence-corrected chi connectivity index (χ2v) is 5.56. The lowest BCUT2D eigenvalue weighted by atomic mass is 9.89. The van der Waals surface area contributed by atoms with Crippen LogP contribution in [0.25, 0.3) is 0 Å². The highest BCUT2D eigenvalue weighted by molar-refractivity contribution is 6.15. The number of carbonyl (C=O) groups excluding carboxylic acids is 3. The van der Waals surface area contributed by atoms with Gasteiger partial charge in [0.15, 0.2) is 5.78 Å². The van der Waals surface area contributed by atoms with Gasteiger partial charge in [0.1, 0.15) is 11.5 Å². The number of hydrogen-bond donors (Lipinski definition) is 2. The lowest BCUT2D eigenvalue weighted by Gasteiger charge is -2.28. The molecule has 0 saturated carbocycles. The topological polar surface area (TPSA) is 84.5 Å². The van der Waals surface area contributed by atoms with E-state index in [1.165, 1.54) is 12.1 Å². The average molecular weight is 354 g/mol. The first-order chi connectivity index (χ1) is 12.5. The van der Waals surface area contributed by atoms with Gasteiger partial charge in [0.2, 0.25) is 0 Å². The molecule has 26 heavy (non-hydrogen) atoms. The van der Waals surface area contributed by atoms with Gasteiger partial charge >= 0.3 is 12.0 Å². The third kappa shape index (κ3) is 3.32. The molecular formula is C19H15FN2O4. The van der Waals surface area contributed by atoms with Crippen molar-refractivity contribution < 1.29 is 23.5 Å². The molecule has 0 aromatic heterocycles. The van der Waals surface area contributed by atoms with Crippen molar-refractivity contribution in [1.29, 1.82) is 0 Å². The fourth-order valence-corrected chi connectivity index (χ4v) is 2.72. The number of esters is 1. The first-order valence-corrected chi connectivity index (χ1v) is 7.76. The summed E-state index contributed by atoms with van der Waals surface area (Å²) in [6.07, 6.45) is 0. The number of nitrogens with one attached hydrogen (secondary N) is 2. The summed E-state index contributed by atoms with van der Waals surface area (Å²) < 4.78 is 17.9. The largest absolute Gasteiger partial charge is 0.464 e. The summed E-state index contributed by atoms with van der Waals surface area (Å²) in [5.74, 6) is -1.85. The van der Waals surface area contributed by atoms with Crippen LogP contribution >= 0.6 is 0 Å². The van der Waals surface area contributed by atoms with E-state index in [-0.39, 0.29) is 16.8 Å². The molecular weight excluding hydrogens is 339 g/mol. The van der Waals surface area contributed by atoms with Crippen LogP contribution in [0.5, 0.6) is 0 Å². The van der Waals surface area contributed by atoms with Gasteiger partial charge in [-0.15, -0.1) is 0 Å². The normalized spacial score (nSPS) is 16.5. The van der Waals surface area contributed by atoms with Gasteiger partial charge in [-0.1, -0.05) is 30.3 Å². The Morgan fingerprint density at radius 1 is 1.04 bits per heavy atom. The standard InChI is InChI=1S/C19H15FN2O4/c1-26-18(24)16-14(17(23)12-7-9-13(20)10-8-12)15(21-19(25)22-16)11-5-3-2-4-6-11/h2-10,15H,1H3,(H2,21,22,25)/t15-/m1/s1. The quantitative estimate of drug-likeness (QED) is 0.653. The number of urea groups is 1. The minimum atomic E-state index is -0.850. The van der Waals surface area contributed by atoms with Crippen molar-refractivity contribution in [3.63, 3.8) is 0 Å². The Balaban J connectivity index is 2.16. The van der Waals surface area contributed by atoms with Crippen LogP contribution in [0.15, 0.2) is 65.9 Å². The van der Waals surface area contributed by atoms with Crippen LogP contribution in [-0.4, -0.2) is 24.9 Å². The van der Waals surface area contributed by atoms with Crippen LogP contribution in [-0.2, 0) is 9.53 Å². The van der Waals surface area contributed by atoms with Crippen molar-refractivity contribution >= 4 is 17.8 Å². The number of hydrogen-bond acceptors (Lipinski definition) is 4. The minimum Gasteiger partial charge on any atom is -0.464 e. The van der Waals surface area contributed by atoms with Crippen LogP contribution in [0.2, 0.25) is 0 Å². The van der Waals surface area contributed by atoms with Crippen molar-refractivity contribution in [2.45, 2.75) is 6.04 Å². The Morgan fingerprint density at radius 2 is 1.69 bits per heavy atom. The predicted molar refractivity (Wildman–Crippen MR) is 90.6 cm³/mol. The Labute approximate surface area is 148 Å². The van der Waals surface area contributed by atoms with E-state index in [0.29, 0.717) is 5.56 Å². The second kappa shape index (κ2) is 7.18. The van der Waals surface area contributed by atoms with E-state index in [2.05, 4.69) is 10.6 Å². The molecule has 0 aliphatic carbocycles. The molecule has 0 radical (unpaired) electrons. The van der Waals surface area contributed by atoms with Gasteiger partial charge < -0.3 is 15.4 Å². The summed E-state index contributed by atoms with van der Waals surface area (Å²) in [6.45, 7) is 0. The molecule has 0 spiro atoms. The monoisotopic (exact) mass is 354 g/mol. The van der Waals surface area contributed by atoms with Gasteiger partial charge in [-0.2, -0.15) is 0 Å². The summed E-state index contributed by atoms with van der Waals surface area (Å²) in [6, 6.07) is 12.2. The summed E-state index contributed by atoms with van der Waals surface area (Å²) >= 11 is 0. The molecule has 1 aliphatic heterocycles. The maximum Gasteiger partial charge on any atom is 0.355 e. The minimum absolute atomic E-state index is 0.0225. The van der Waals surface area contributed by atoms with E-state index >= 15 is 0 Å². The lowest BCUT2D eigenvalue weighted by Crippen LogP contribution is -2.47. The Morgan fingerprint density at radius 3 is 2.31 bits per heavy atom. The molecule has 1 heterocycles. The second-order valence-electron chi connectivity index (χ2n) is 5.56. The molecule has 0 unspecified atom stereocenters. The molecule has 1 aliphatic rings. The fourth-order valence-electron chi connectivity index (χ4n) is 2.72. The number of benzene rings is 2. The molecule has 2 N–H and O–H groups in total. The number of halogens is 1. The number of rotatable bonds is 4. The third-order valence-electron chi connectivity index (χ3n) is 3.95. The van der Waals surface area contributed by atoms with Crippen molar-refractivity contribution in [1.82, 2.24) is 10.6 Å². The SMILES string of the molecule is COC(=O)C1=C(C(=O)c2ccc(F)cc2)[C@@H](c2ccccc2)NC(=O)N1. The molecule has 7 heteroatoms. The van der Waals surface area contributed by atoms with E-state index in [4.69, 9.17) is 4.74 Å². The van der Waals surface area contributed by atoms with Gasteiger partial charge in [0.25, 0.3) is 0 Å². The van der Waals surface area contributed by atoms with Gasteiger partial charge in [0, 0.05) is 5.56 Å². The molecule has 2 aromatic rings. The maximum atomic E-state index is 13.2. The summed E-state index contributed by atoms with van der Waals surface area (Å²) in [5.41, 5.74) is 0.588. The van der Waals surface area contributed by atoms with Gasteiger partial charge in [-0.25, -0.2) is 14.0 Å². The first kappa shape index (κ1) is 17.3. The fraction of sp³-hybridized carbons (Fsp3) is 0.105. The van der Waals surface area contributed by atoms with Crippen LogP contribution in [0.1, 0.15) is 22.0 Å². The highest BCUT2D eigenvalue weighted by Gasteiger charge is 2.36. The average Bonchev–Trinajstić information content (AvgIpc) is 2.67. The first-order valence-electron chi connectivity index (χ1n) is 7.76. The third-order valence-corrected chi connectivity index (χ3v) is 3.95.